The summed E-state index contributed by atoms with van der Waals surface area (Å²) in [6.45, 7) is 2.36. The topological polar surface area (TPSA) is 76.1 Å². The molecule has 0 radical (unpaired) electrons. The zero-order valence-corrected chi connectivity index (χ0v) is 12.4. The summed E-state index contributed by atoms with van der Waals surface area (Å²) in [7, 11) is 0. The molecule has 6 nitrogen and oxygen atoms in total. The molecule has 1 unspecified atom stereocenters. The molecule has 120 valence electrons. The Bertz CT molecular complexity index is 485. The van der Waals surface area contributed by atoms with Crippen molar-refractivity contribution < 1.29 is 24.2 Å². The summed E-state index contributed by atoms with van der Waals surface area (Å²) in [5.74, 6) is -1.48. The summed E-state index contributed by atoms with van der Waals surface area (Å²) in [6.07, 6.45) is 0.375. The summed E-state index contributed by atoms with van der Waals surface area (Å²) in [6, 6.07) is 8.97. The van der Waals surface area contributed by atoms with Crippen molar-refractivity contribution in [3.8, 4) is 0 Å². The molecular formula is C16H21NO5. The highest BCUT2D eigenvalue weighted by Crippen LogP contribution is 2.10. The van der Waals surface area contributed by atoms with Crippen LogP contribution in [0.15, 0.2) is 30.3 Å². The van der Waals surface area contributed by atoms with Crippen LogP contribution in [0.25, 0.3) is 0 Å². The van der Waals surface area contributed by atoms with Crippen molar-refractivity contribution >= 4 is 11.9 Å². The Morgan fingerprint density at radius 3 is 2.55 bits per heavy atom. The minimum atomic E-state index is -1.00. The lowest BCUT2D eigenvalue weighted by Crippen LogP contribution is -2.49. The van der Waals surface area contributed by atoms with Crippen molar-refractivity contribution in [1.82, 2.24) is 4.90 Å². The van der Waals surface area contributed by atoms with Gasteiger partial charge in [0, 0.05) is 19.5 Å². The number of carboxylic acids is 1. The maximum Gasteiger partial charge on any atom is 0.323 e. The summed E-state index contributed by atoms with van der Waals surface area (Å²) >= 11 is 0. The van der Waals surface area contributed by atoms with Gasteiger partial charge in [-0.1, -0.05) is 30.3 Å². The lowest BCUT2D eigenvalue weighted by atomic mass is 10.1. The monoisotopic (exact) mass is 307 g/mol. The molecule has 0 spiro atoms. The van der Waals surface area contributed by atoms with Gasteiger partial charge < -0.3 is 14.6 Å². The molecule has 1 saturated heterocycles. The molecule has 1 N–H and O–H groups in total. The van der Waals surface area contributed by atoms with E-state index in [1.807, 2.05) is 35.2 Å². The second-order valence-corrected chi connectivity index (χ2v) is 5.17. The van der Waals surface area contributed by atoms with Gasteiger partial charge in [-0.2, -0.15) is 0 Å². The van der Waals surface area contributed by atoms with Gasteiger partial charge in [-0.15, -0.1) is 0 Å². The number of carbonyl (C=O) groups is 2. The van der Waals surface area contributed by atoms with Gasteiger partial charge in [0.2, 0.25) is 0 Å². The molecule has 0 amide bonds. The van der Waals surface area contributed by atoms with E-state index in [-0.39, 0.29) is 13.0 Å². The summed E-state index contributed by atoms with van der Waals surface area (Å²) in [4.78, 5) is 25.0. The molecule has 0 saturated carbocycles. The standard InChI is InChI=1S/C16H21NO5/c18-15(19)12-14(17-7-10-21-11-8-17)16(20)22-9-6-13-4-2-1-3-5-13/h1-5,14H,6-12H2,(H,18,19). The molecule has 2 rings (SSSR count). The van der Waals surface area contributed by atoms with E-state index < -0.39 is 18.0 Å². The first kappa shape index (κ1) is 16.5. The van der Waals surface area contributed by atoms with E-state index in [1.165, 1.54) is 0 Å². The van der Waals surface area contributed by atoms with E-state index in [4.69, 9.17) is 14.6 Å². The Balaban J connectivity index is 1.86. The van der Waals surface area contributed by atoms with Crippen LogP contribution in [0.3, 0.4) is 0 Å². The first-order valence-electron chi connectivity index (χ1n) is 7.41. The predicted molar refractivity (Wildman–Crippen MR) is 79.5 cm³/mol. The Kier molecular flexibility index (Phi) is 6.36. The van der Waals surface area contributed by atoms with Gasteiger partial charge in [0.1, 0.15) is 6.04 Å². The van der Waals surface area contributed by atoms with Crippen LogP contribution in [-0.2, 0) is 25.5 Å². The van der Waals surface area contributed by atoms with Gasteiger partial charge in [0.05, 0.1) is 26.2 Å². The number of carboxylic acid groups (broad SMARTS) is 1. The third-order valence-electron chi connectivity index (χ3n) is 3.60. The van der Waals surface area contributed by atoms with Crippen LogP contribution < -0.4 is 0 Å². The van der Waals surface area contributed by atoms with Crippen molar-refractivity contribution in [2.24, 2.45) is 0 Å². The summed E-state index contributed by atoms with van der Waals surface area (Å²) < 4.78 is 10.5. The molecular weight excluding hydrogens is 286 g/mol. The van der Waals surface area contributed by atoms with Gasteiger partial charge in [0.15, 0.2) is 0 Å². The molecule has 1 fully saturated rings. The van der Waals surface area contributed by atoms with Crippen molar-refractivity contribution in [1.29, 1.82) is 0 Å². The second-order valence-electron chi connectivity index (χ2n) is 5.17. The highest BCUT2D eigenvalue weighted by molar-refractivity contribution is 5.82. The minimum absolute atomic E-state index is 0.246. The molecule has 22 heavy (non-hydrogen) atoms. The van der Waals surface area contributed by atoms with E-state index >= 15 is 0 Å². The Morgan fingerprint density at radius 1 is 1.23 bits per heavy atom. The normalized spacial score (nSPS) is 16.9. The van der Waals surface area contributed by atoms with Gasteiger partial charge in [-0.25, -0.2) is 0 Å². The molecule has 6 heteroatoms. The van der Waals surface area contributed by atoms with E-state index in [0.717, 1.165) is 5.56 Å². The highest BCUT2D eigenvalue weighted by Gasteiger charge is 2.30. The van der Waals surface area contributed by atoms with Crippen LogP contribution in [0.2, 0.25) is 0 Å². The van der Waals surface area contributed by atoms with Crippen LogP contribution in [0.4, 0.5) is 0 Å². The van der Waals surface area contributed by atoms with Crippen LogP contribution >= 0.6 is 0 Å². The molecule has 1 aliphatic rings. The molecule has 1 heterocycles. The average molecular weight is 307 g/mol. The van der Waals surface area contributed by atoms with Crippen LogP contribution in [0.1, 0.15) is 12.0 Å². The lowest BCUT2D eigenvalue weighted by Gasteiger charge is -2.32. The van der Waals surface area contributed by atoms with Crippen molar-refractivity contribution in [3.05, 3.63) is 35.9 Å². The van der Waals surface area contributed by atoms with Crippen LogP contribution in [0.5, 0.6) is 0 Å². The fourth-order valence-corrected chi connectivity index (χ4v) is 2.43. The fraction of sp³-hybridized carbons (Fsp3) is 0.500. The van der Waals surface area contributed by atoms with E-state index in [2.05, 4.69) is 0 Å². The summed E-state index contributed by atoms with van der Waals surface area (Å²) in [5, 5.41) is 9.00. The maximum absolute atomic E-state index is 12.2. The zero-order valence-electron chi connectivity index (χ0n) is 12.4. The quantitative estimate of drug-likeness (QED) is 0.756. The smallest absolute Gasteiger partial charge is 0.323 e. The van der Waals surface area contributed by atoms with Crippen LogP contribution in [0, 0.1) is 0 Å². The molecule has 1 aliphatic heterocycles. The third-order valence-corrected chi connectivity index (χ3v) is 3.60. The van der Waals surface area contributed by atoms with Crippen molar-refractivity contribution in [2.75, 3.05) is 32.9 Å². The molecule has 1 aromatic rings. The number of ether oxygens (including phenoxy) is 2. The highest BCUT2D eigenvalue weighted by atomic mass is 16.5. The Labute approximate surface area is 129 Å². The first-order valence-corrected chi connectivity index (χ1v) is 7.41. The number of hydrogen-bond donors (Lipinski definition) is 1. The van der Waals surface area contributed by atoms with Crippen LogP contribution in [-0.4, -0.2) is 60.9 Å². The van der Waals surface area contributed by atoms with Crippen molar-refractivity contribution in [2.45, 2.75) is 18.9 Å². The predicted octanol–water partition coefficient (Wildman–Crippen LogP) is 0.948. The number of carbonyl (C=O) groups excluding carboxylic acids is 1. The lowest BCUT2D eigenvalue weighted by molar-refractivity contribution is -0.156. The Morgan fingerprint density at radius 2 is 1.91 bits per heavy atom. The molecule has 0 aromatic heterocycles. The van der Waals surface area contributed by atoms with Gasteiger partial charge in [-0.3, -0.25) is 14.5 Å². The number of hydrogen-bond acceptors (Lipinski definition) is 5. The van der Waals surface area contributed by atoms with E-state index in [1.54, 1.807) is 0 Å². The third kappa shape index (κ3) is 5.13. The number of nitrogens with zero attached hydrogens (tertiary/aromatic N) is 1. The summed E-state index contributed by atoms with van der Waals surface area (Å²) in [5.41, 5.74) is 1.08. The Hall–Kier alpha value is -1.92. The van der Waals surface area contributed by atoms with Gasteiger partial charge >= 0.3 is 11.9 Å². The maximum atomic E-state index is 12.2. The largest absolute Gasteiger partial charge is 0.481 e. The number of morpholine rings is 1. The number of rotatable bonds is 7. The van der Waals surface area contributed by atoms with E-state index in [0.29, 0.717) is 32.7 Å². The zero-order chi connectivity index (χ0) is 15.8. The SMILES string of the molecule is O=C(O)CC(C(=O)OCCc1ccccc1)N1CCOCC1. The number of benzene rings is 1. The molecule has 0 bridgehead atoms. The van der Waals surface area contributed by atoms with Gasteiger partial charge in [-0.05, 0) is 5.56 Å². The first-order chi connectivity index (χ1) is 10.7. The molecule has 1 atom stereocenters. The minimum Gasteiger partial charge on any atom is -0.481 e. The number of aliphatic carboxylic acids is 1. The van der Waals surface area contributed by atoms with Gasteiger partial charge in [0.25, 0.3) is 0 Å². The average Bonchev–Trinajstić information content (AvgIpc) is 2.54. The molecule has 1 aromatic carbocycles. The van der Waals surface area contributed by atoms with E-state index in [9.17, 15) is 9.59 Å². The molecule has 0 aliphatic carbocycles. The fourth-order valence-electron chi connectivity index (χ4n) is 2.43. The van der Waals surface area contributed by atoms with Crippen molar-refractivity contribution in [3.63, 3.8) is 0 Å². The number of esters is 1. The second kappa shape index (κ2) is 8.51.